The van der Waals surface area contributed by atoms with Gasteiger partial charge in [-0.3, -0.25) is 0 Å². The van der Waals surface area contributed by atoms with Crippen molar-refractivity contribution in [1.29, 1.82) is 0 Å². The van der Waals surface area contributed by atoms with Crippen LogP contribution in [0.5, 0.6) is 0 Å². The molecule has 3 aliphatic rings. The van der Waals surface area contributed by atoms with Crippen LogP contribution in [0.15, 0.2) is 107 Å². The second kappa shape index (κ2) is 8.38. The van der Waals surface area contributed by atoms with E-state index in [-0.39, 0.29) is 5.92 Å². The Morgan fingerprint density at radius 2 is 1.24 bits per heavy atom. The summed E-state index contributed by atoms with van der Waals surface area (Å²) in [6, 6.07) is 34.6. The Hall–Kier alpha value is -3.63. The summed E-state index contributed by atoms with van der Waals surface area (Å²) < 4.78 is 0. The van der Waals surface area contributed by atoms with E-state index in [0.29, 0.717) is 11.1 Å². The molecule has 0 radical (unpaired) electrons. The SMILES string of the molecule is NC(=NN=Cc1ccc2c(c1)C1c3ccccc3C2c2ccccc21)SCc1ccccc1. The molecule has 3 aliphatic carbocycles. The zero-order valence-electron chi connectivity index (χ0n) is 18.1. The molecule has 0 saturated carbocycles. The maximum atomic E-state index is 6.05. The summed E-state index contributed by atoms with van der Waals surface area (Å²) in [4.78, 5) is 0. The lowest BCUT2D eigenvalue weighted by Crippen LogP contribution is -2.27. The predicted octanol–water partition coefficient (Wildman–Crippen LogP) is 6.26. The highest BCUT2D eigenvalue weighted by atomic mass is 32.2. The van der Waals surface area contributed by atoms with Gasteiger partial charge < -0.3 is 5.73 Å². The normalized spacial score (nSPS) is 18.1. The van der Waals surface area contributed by atoms with Crippen LogP contribution in [0.1, 0.15) is 56.3 Å². The molecule has 0 aromatic heterocycles. The number of hydrogen-bond acceptors (Lipinski definition) is 3. The minimum atomic E-state index is 0.265. The Bertz CT molecular complexity index is 1340. The number of nitrogens with two attached hydrogens (primary N) is 1. The molecule has 0 unspecified atom stereocenters. The molecule has 0 atom stereocenters. The summed E-state index contributed by atoms with van der Waals surface area (Å²) in [5, 5.41) is 8.93. The van der Waals surface area contributed by atoms with E-state index in [1.165, 1.54) is 50.7 Å². The van der Waals surface area contributed by atoms with Crippen molar-refractivity contribution < 1.29 is 0 Å². The van der Waals surface area contributed by atoms with E-state index in [2.05, 4.69) is 89.1 Å². The number of rotatable bonds is 4. The molecule has 2 bridgehead atoms. The van der Waals surface area contributed by atoms with Crippen LogP contribution in [0.3, 0.4) is 0 Å². The highest BCUT2D eigenvalue weighted by Gasteiger charge is 2.40. The van der Waals surface area contributed by atoms with Crippen molar-refractivity contribution in [1.82, 2.24) is 0 Å². The average Bonchev–Trinajstić information content (AvgIpc) is 2.87. The zero-order valence-corrected chi connectivity index (χ0v) is 18.9. The van der Waals surface area contributed by atoms with E-state index < -0.39 is 0 Å². The van der Waals surface area contributed by atoms with Gasteiger partial charge in [-0.1, -0.05) is 103 Å². The maximum Gasteiger partial charge on any atom is 0.180 e. The molecular weight excluding hydrogens is 422 g/mol. The number of amidine groups is 1. The van der Waals surface area contributed by atoms with Gasteiger partial charge in [-0.05, 0) is 50.6 Å². The number of benzene rings is 4. The van der Waals surface area contributed by atoms with Gasteiger partial charge in [0.05, 0.1) is 6.21 Å². The lowest BCUT2D eigenvalue weighted by Gasteiger charge is -2.42. The molecule has 0 amide bonds. The van der Waals surface area contributed by atoms with Gasteiger partial charge in [-0.25, -0.2) is 0 Å². The van der Waals surface area contributed by atoms with Gasteiger partial charge in [0.1, 0.15) is 0 Å². The van der Waals surface area contributed by atoms with Crippen LogP contribution in [0.4, 0.5) is 0 Å². The number of hydrogen-bond donors (Lipinski definition) is 1. The second-order valence-electron chi connectivity index (χ2n) is 8.47. The smallest absolute Gasteiger partial charge is 0.180 e. The molecule has 0 heterocycles. The topological polar surface area (TPSA) is 50.7 Å². The van der Waals surface area contributed by atoms with Crippen molar-refractivity contribution >= 4 is 23.1 Å². The molecule has 0 aliphatic heterocycles. The second-order valence-corrected chi connectivity index (χ2v) is 9.46. The lowest BCUT2D eigenvalue weighted by atomic mass is 9.61. The molecule has 0 saturated heterocycles. The van der Waals surface area contributed by atoms with E-state index in [4.69, 9.17) is 5.73 Å². The van der Waals surface area contributed by atoms with Crippen molar-refractivity contribution in [2.24, 2.45) is 15.9 Å². The van der Waals surface area contributed by atoms with E-state index in [0.717, 1.165) is 11.3 Å². The third kappa shape index (κ3) is 3.57. The minimum absolute atomic E-state index is 0.265. The van der Waals surface area contributed by atoms with Crippen molar-refractivity contribution in [2.45, 2.75) is 17.6 Å². The first-order valence-corrected chi connectivity index (χ1v) is 12.1. The highest BCUT2D eigenvalue weighted by Crippen LogP contribution is 2.55. The molecule has 0 fully saturated rings. The van der Waals surface area contributed by atoms with Crippen LogP contribution in [0, 0.1) is 0 Å². The van der Waals surface area contributed by atoms with Gasteiger partial charge in [0.25, 0.3) is 0 Å². The summed E-state index contributed by atoms with van der Waals surface area (Å²) in [7, 11) is 0. The fraction of sp³-hybridized carbons (Fsp3) is 0.103. The molecule has 160 valence electrons. The van der Waals surface area contributed by atoms with E-state index in [1.807, 2.05) is 18.2 Å². The lowest BCUT2D eigenvalue weighted by molar-refractivity contribution is 0.754. The van der Waals surface area contributed by atoms with Crippen LogP contribution in [-0.4, -0.2) is 11.4 Å². The van der Waals surface area contributed by atoms with Crippen LogP contribution >= 0.6 is 11.8 Å². The zero-order chi connectivity index (χ0) is 22.2. The molecule has 4 heteroatoms. The number of nitrogens with zero attached hydrogens (tertiary/aromatic N) is 2. The van der Waals surface area contributed by atoms with Gasteiger partial charge >= 0.3 is 0 Å². The van der Waals surface area contributed by atoms with E-state index >= 15 is 0 Å². The Labute approximate surface area is 198 Å². The first-order chi connectivity index (χ1) is 16.3. The van der Waals surface area contributed by atoms with Gasteiger partial charge in [-0.2, -0.15) is 5.10 Å². The summed E-state index contributed by atoms with van der Waals surface area (Å²) >= 11 is 1.50. The molecule has 4 aromatic carbocycles. The van der Waals surface area contributed by atoms with Crippen molar-refractivity contribution in [3.63, 3.8) is 0 Å². The molecule has 3 nitrogen and oxygen atoms in total. The molecular formula is C29H23N3S. The van der Waals surface area contributed by atoms with E-state index in [9.17, 15) is 0 Å². The van der Waals surface area contributed by atoms with Crippen LogP contribution < -0.4 is 5.73 Å². The first-order valence-electron chi connectivity index (χ1n) is 11.1. The standard InChI is InChI=1S/C29H23N3S/c30-29(33-18-19-8-2-1-3-9-19)32-31-17-20-14-15-25-26(16-20)28-23-12-6-4-10-21(23)27(25)22-11-5-7-13-24(22)28/h1-17,27-28H,18H2,(H2,30,32). The Morgan fingerprint density at radius 1 is 0.697 bits per heavy atom. The summed E-state index contributed by atoms with van der Waals surface area (Å²) in [5.41, 5.74) is 16.8. The van der Waals surface area contributed by atoms with Crippen molar-refractivity contribution in [3.8, 4) is 0 Å². The first kappa shape index (κ1) is 20.0. The quantitative estimate of drug-likeness (QED) is 0.198. The minimum Gasteiger partial charge on any atom is -0.377 e. The summed E-state index contributed by atoms with van der Waals surface area (Å²) in [6.07, 6.45) is 1.80. The fourth-order valence-electron chi connectivity index (χ4n) is 5.18. The third-order valence-electron chi connectivity index (χ3n) is 6.56. The van der Waals surface area contributed by atoms with Gasteiger partial charge in [0.2, 0.25) is 0 Å². The highest BCUT2D eigenvalue weighted by molar-refractivity contribution is 8.13. The summed E-state index contributed by atoms with van der Waals surface area (Å²) in [5.74, 6) is 1.35. The molecule has 33 heavy (non-hydrogen) atoms. The van der Waals surface area contributed by atoms with Crippen LogP contribution in [0.25, 0.3) is 0 Å². The third-order valence-corrected chi connectivity index (χ3v) is 7.42. The Morgan fingerprint density at radius 3 is 1.88 bits per heavy atom. The molecule has 0 spiro atoms. The Balaban J connectivity index is 1.27. The van der Waals surface area contributed by atoms with Crippen LogP contribution in [-0.2, 0) is 5.75 Å². The predicted molar refractivity (Wildman–Crippen MR) is 138 cm³/mol. The average molecular weight is 446 g/mol. The van der Waals surface area contributed by atoms with Crippen molar-refractivity contribution in [3.05, 3.63) is 142 Å². The van der Waals surface area contributed by atoms with Crippen LogP contribution in [0.2, 0.25) is 0 Å². The molecule has 2 N–H and O–H groups in total. The maximum absolute atomic E-state index is 6.05. The number of thioether (sulfide) groups is 1. The van der Waals surface area contributed by atoms with E-state index in [1.54, 1.807) is 6.21 Å². The fourth-order valence-corrected chi connectivity index (χ4v) is 5.79. The Kier molecular flexibility index (Phi) is 5.08. The largest absolute Gasteiger partial charge is 0.377 e. The van der Waals surface area contributed by atoms with Gasteiger partial charge in [0, 0.05) is 17.6 Å². The van der Waals surface area contributed by atoms with Gasteiger partial charge in [-0.15, -0.1) is 5.10 Å². The summed E-state index contributed by atoms with van der Waals surface area (Å²) in [6.45, 7) is 0. The molecule has 7 rings (SSSR count). The van der Waals surface area contributed by atoms with Gasteiger partial charge in [0.15, 0.2) is 5.17 Å². The van der Waals surface area contributed by atoms with Crippen molar-refractivity contribution in [2.75, 3.05) is 0 Å². The monoisotopic (exact) mass is 445 g/mol. The molecule has 4 aromatic rings.